The Labute approximate surface area is 123 Å². The molecule has 2 rings (SSSR count). The fourth-order valence-corrected chi connectivity index (χ4v) is 1.66. The Morgan fingerprint density at radius 1 is 1.48 bits per heavy atom. The van der Waals surface area contributed by atoms with Gasteiger partial charge in [-0.05, 0) is 31.0 Å². The molecule has 0 radical (unpaired) electrons. The zero-order chi connectivity index (χ0) is 15.5. The Balaban J connectivity index is 2.08. The van der Waals surface area contributed by atoms with Gasteiger partial charge in [-0.2, -0.15) is 5.10 Å². The third kappa shape index (κ3) is 3.66. The highest BCUT2D eigenvalue weighted by atomic mass is 16.3. The lowest BCUT2D eigenvalue weighted by Gasteiger charge is -2.27. The highest BCUT2D eigenvalue weighted by Gasteiger charge is 2.25. The molecule has 6 heteroatoms. The van der Waals surface area contributed by atoms with E-state index in [0.29, 0.717) is 5.69 Å². The van der Waals surface area contributed by atoms with Gasteiger partial charge in [0.05, 0.1) is 11.3 Å². The van der Waals surface area contributed by atoms with Crippen LogP contribution in [0.2, 0.25) is 0 Å². The van der Waals surface area contributed by atoms with Gasteiger partial charge in [-0.1, -0.05) is 13.8 Å². The van der Waals surface area contributed by atoms with Crippen LogP contribution in [-0.2, 0) is 0 Å². The van der Waals surface area contributed by atoms with E-state index in [1.54, 1.807) is 48.4 Å². The van der Waals surface area contributed by atoms with E-state index in [9.17, 15) is 9.90 Å². The molecule has 0 aliphatic heterocycles. The molecule has 0 aliphatic carbocycles. The average molecular weight is 288 g/mol. The van der Waals surface area contributed by atoms with Gasteiger partial charge in [0, 0.05) is 25.1 Å². The highest BCUT2D eigenvalue weighted by molar-refractivity contribution is 5.92. The highest BCUT2D eigenvalue weighted by Crippen LogP contribution is 2.15. The lowest BCUT2D eigenvalue weighted by Crippen LogP contribution is -2.44. The number of pyridine rings is 1. The minimum atomic E-state index is -0.949. The molecule has 0 spiro atoms. The van der Waals surface area contributed by atoms with Crippen molar-refractivity contribution in [1.29, 1.82) is 0 Å². The molecule has 112 valence electrons. The van der Waals surface area contributed by atoms with E-state index in [1.165, 1.54) is 0 Å². The molecule has 0 saturated heterocycles. The lowest BCUT2D eigenvalue weighted by molar-refractivity contribution is 0.0142. The second-order valence-electron chi connectivity index (χ2n) is 5.54. The zero-order valence-electron chi connectivity index (χ0n) is 12.4. The molecule has 0 bridgehead atoms. The minimum absolute atomic E-state index is 0.0427. The smallest absolute Gasteiger partial charge is 0.270 e. The summed E-state index contributed by atoms with van der Waals surface area (Å²) in [5.41, 5.74) is 0.105. The Hall–Kier alpha value is -2.21. The molecule has 1 atom stereocenters. The summed E-state index contributed by atoms with van der Waals surface area (Å²) in [6, 6.07) is 5.24. The predicted octanol–water partition coefficient (Wildman–Crippen LogP) is 1.40. The number of carbonyl (C=O) groups excluding carboxylic acids is 1. The molecule has 0 saturated carbocycles. The van der Waals surface area contributed by atoms with E-state index < -0.39 is 5.60 Å². The summed E-state index contributed by atoms with van der Waals surface area (Å²) in [5.74, 6) is -0.272. The van der Waals surface area contributed by atoms with Crippen molar-refractivity contribution in [1.82, 2.24) is 20.1 Å². The molecular weight excluding hydrogens is 268 g/mol. The van der Waals surface area contributed by atoms with Gasteiger partial charge in [0.15, 0.2) is 0 Å². The van der Waals surface area contributed by atoms with Crippen molar-refractivity contribution in [2.24, 2.45) is 5.92 Å². The van der Waals surface area contributed by atoms with Crippen molar-refractivity contribution < 1.29 is 9.90 Å². The Bertz CT molecular complexity index is 606. The summed E-state index contributed by atoms with van der Waals surface area (Å²) in [6.45, 7) is 5.69. The van der Waals surface area contributed by atoms with Gasteiger partial charge >= 0.3 is 0 Å². The van der Waals surface area contributed by atoms with E-state index in [4.69, 9.17) is 0 Å². The number of amides is 1. The lowest BCUT2D eigenvalue weighted by atomic mass is 9.92. The molecular formula is C15H20N4O2. The van der Waals surface area contributed by atoms with E-state index in [2.05, 4.69) is 15.4 Å². The molecule has 21 heavy (non-hydrogen) atoms. The van der Waals surface area contributed by atoms with Crippen LogP contribution < -0.4 is 5.32 Å². The molecule has 2 heterocycles. The van der Waals surface area contributed by atoms with E-state index >= 15 is 0 Å². The van der Waals surface area contributed by atoms with Crippen molar-refractivity contribution in [3.8, 4) is 5.69 Å². The Morgan fingerprint density at radius 3 is 2.86 bits per heavy atom. The quantitative estimate of drug-likeness (QED) is 0.871. The first-order valence-electron chi connectivity index (χ1n) is 6.87. The molecule has 2 N–H and O–H groups in total. The van der Waals surface area contributed by atoms with Crippen molar-refractivity contribution in [2.75, 3.05) is 6.54 Å². The molecule has 6 nitrogen and oxygen atoms in total. The largest absolute Gasteiger partial charge is 0.388 e. The predicted molar refractivity (Wildman–Crippen MR) is 79.2 cm³/mol. The number of carbonyl (C=O) groups is 1. The summed E-state index contributed by atoms with van der Waals surface area (Å²) < 4.78 is 1.66. The summed E-state index contributed by atoms with van der Waals surface area (Å²) >= 11 is 0. The average Bonchev–Trinajstić information content (AvgIpc) is 2.99. The number of rotatable bonds is 5. The Kier molecular flexibility index (Phi) is 4.37. The van der Waals surface area contributed by atoms with E-state index in [1.807, 2.05) is 13.8 Å². The second-order valence-corrected chi connectivity index (χ2v) is 5.54. The van der Waals surface area contributed by atoms with Gasteiger partial charge in [0.2, 0.25) is 0 Å². The maximum absolute atomic E-state index is 12.1. The van der Waals surface area contributed by atoms with Crippen LogP contribution in [0, 0.1) is 5.92 Å². The summed E-state index contributed by atoms with van der Waals surface area (Å²) in [5, 5.41) is 17.0. The third-order valence-corrected chi connectivity index (χ3v) is 3.60. The van der Waals surface area contributed by atoms with Gasteiger partial charge in [-0.15, -0.1) is 0 Å². The molecule has 1 amide bonds. The maximum Gasteiger partial charge on any atom is 0.270 e. The molecule has 1 unspecified atom stereocenters. The fourth-order valence-electron chi connectivity index (χ4n) is 1.66. The topological polar surface area (TPSA) is 80.0 Å². The number of nitrogens with zero attached hydrogens (tertiary/aromatic N) is 3. The Morgan fingerprint density at radius 2 is 2.24 bits per heavy atom. The third-order valence-electron chi connectivity index (χ3n) is 3.60. The number of hydrogen-bond donors (Lipinski definition) is 2. The van der Waals surface area contributed by atoms with Gasteiger partial charge in [0.1, 0.15) is 5.69 Å². The molecule has 0 aliphatic rings. The first kappa shape index (κ1) is 15.2. The number of nitrogens with one attached hydrogen (secondary N) is 1. The molecule has 2 aromatic rings. The standard InChI is InChI=1S/C15H20N4O2/c1-11(2)15(3,21)10-17-14(20)13-9-12(5-7-16-13)19-8-4-6-18-19/h4-9,11,21H,10H2,1-3H3,(H,17,20). The van der Waals surface area contributed by atoms with E-state index in [-0.39, 0.29) is 18.4 Å². The molecule has 2 aromatic heterocycles. The SMILES string of the molecule is CC(C)C(C)(O)CNC(=O)c1cc(-n2cccn2)ccn1. The van der Waals surface area contributed by atoms with Crippen LogP contribution in [-0.4, -0.2) is 37.9 Å². The van der Waals surface area contributed by atoms with E-state index in [0.717, 1.165) is 5.69 Å². The van der Waals surface area contributed by atoms with Crippen LogP contribution in [0.15, 0.2) is 36.8 Å². The van der Waals surface area contributed by atoms with Crippen molar-refractivity contribution in [3.63, 3.8) is 0 Å². The first-order chi connectivity index (χ1) is 9.90. The van der Waals surface area contributed by atoms with Crippen LogP contribution in [0.4, 0.5) is 0 Å². The summed E-state index contributed by atoms with van der Waals surface area (Å²) in [7, 11) is 0. The van der Waals surface area contributed by atoms with Crippen molar-refractivity contribution >= 4 is 5.91 Å². The van der Waals surface area contributed by atoms with Gasteiger partial charge in [-0.25, -0.2) is 4.68 Å². The second kappa shape index (κ2) is 6.05. The normalized spacial score (nSPS) is 14.0. The van der Waals surface area contributed by atoms with Gasteiger partial charge in [0.25, 0.3) is 5.91 Å². The number of aromatic nitrogens is 3. The summed E-state index contributed by atoms with van der Waals surface area (Å²) in [6.07, 6.45) is 5.02. The van der Waals surface area contributed by atoms with Gasteiger partial charge in [-0.3, -0.25) is 9.78 Å². The van der Waals surface area contributed by atoms with Crippen LogP contribution in [0.5, 0.6) is 0 Å². The number of aliphatic hydroxyl groups is 1. The first-order valence-corrected chi connectivity index (χ1v) is 6.87. The van der Waals surface area contributed by atoms with Crippen LogP contribution in [0.25, 0.3) is 5.69 Å². The number of hydrogen-bond acceptors (Lipinski definition) is 4. The zero-order valence-corrected chi connectivity index (χ0v) is 12.4. The molecule has 0 fully saturated rings. The monoisotopic (exact) mass is 288 g/mol. The maximum atomic E-state index is 12.1. The van der Waals surface area contributed by atoms with Crippen LogP contribution in [0.3, 0.4) is 0 Å². The summed E-state index contributed by atoms with van der Waals surface area (Å²) in [4.78, 5) is 16.2. The van der Waals surface area contributed by atoms with Crippen LogP contribution in [0.1, 0.15) is 31.3 Å². The van der Waals surface area contributed by atoms with Gasteiger partial charge < -0.3 is 10.4 Å². The van der Waals surface area contributed by atoms with Crippen LogP contribution >= 0.6 is 0 Å². The minimum Gasteiger partial charge on any atom is -0.388 e. The molecule has 0 aromatic carbocycles. The van der Waals surface area contributed by atoms with Crippen molar-refractivity contribution in [2.45, 2.75) is 26.4 Å². The fraction of sp³-hybridized carbons (Fsp3) is 0.400. The van der Waals surface area contributed by atoms with Crippen molar-refractivity contribution in [3.05, 3.63) is 42.5 Å².